The summed E-state index contributed by atoms with van der Waals surface area (Å²) < 4.78 is 0. The lowest BCUT2D eigenvalue weighted by atomic mass is 9.89. The third-order valence-corrected chi connectivity index (χ3v) is 6.93. The number of carbonyl (C=O) groups excluding carboxylic acids is 2. The number of nitrogens with one attached hydrogen (secondary N) is 2. The van der Waals surface area contributed by atoms with Gasteiger partial charge in [0, 0.05) is 47.2 Å². The summed E-state index contributed by atoms with van der Waals surface area (Å²) in [6.07, 6.45) is 4.59. The Morgan fingerprint density at radius 1 is 1.19 bits per heavy atom. The van der Waals surface area contributed by atoms with Crippen molar-refractivity contribution in [2.24, 2.45) is 11.0 Å². The van der Waals surface area contributed by atoms with Gasteiger partial charge in [0.2, 0.25) is 0 Å². The van der Waals surface area contributed by atoms with Crippen LogP contribution in [0.5, 0.6) is 0 Å². The highest BCUT2D eigenvalue weighted by atomic mass is 35.5. The van der Waals surface area contributed by atoms with Crippen molar-refractivity contribution < 1.29 is 9.59 Å². The Morgan fingerprint density at radius 3 is 2.39 bits per heavy atom. The highest BCUT2D eigenvalue weighted by Gasteiger charge is 2.30. The molecule has 0 aromatic heterocycles. The zero-order chi connectivity index (χ0) is 22.7. The van der Waals surface area contributed by atoms with Crippen molar-refractivity contribution in [3.05, 3.63) is 28.3 Å². The first kappa shape index (κ1) is 23.5. The molecule has 1 fully saturated rings. The number of hydrogen-bond donors (Lipinski definition) is 2. The van der Waals surface area contributed by atoms with Crippen molar-refractivity contribution in [1.29, 1.82) is 0 Å². The fourth-order valence-electron chi connectivity index (χ4n) is 4.73. The Labute approximate surface area is 190 Å². The van der Waals surface area contributed by atoms with Gasteiger partial charge in [-0.15, -0.1) is 0 Å². The fourth-order valence-corrected chi connectivity index (χ4v) is 4.94. The summed E-state index contributed by atoms with van der Waals surface area (Å²) in [7, 11) is 4.30. The lowest BCUT2D eigenvalue weighted by molar-refractivity contribution is -0.121. The van der Waals surface area contributed by atoms with Crippen LogP contribution in [0.15, 0.2) is 17.2 Å². The Hall–Kier alpha value is -2.12. The van der Waals surface area contributed by atoms with Gasteiger partial charge in [0.1, 0.15) is 0 Å². The molecule has 8 heteroatoms. The van der Waals surface area contributed by atoms with E-state index >= 15 is 0 Å². The SMILES string of the molecule is CCN(c1cc(Cl)cc(C(=O)NCC2C(=O)NN=C2C)c1C)C1CCC(N(C)C)CC1. The van der Waals surface area contributed by atoms with Crippen molar-refractivity contribution in [1.82, 2.24) is 15.6 Å². The van der Waals surface area contributed by atoms with Crippen LogP contribution in [0.2, 0.25) is 5.02 Å². The van der Waals surface area contributed by atoms with Gasteiger partial charge in [0.05, 0.1) is 5.92 Å². The van der Waals surface area contributed by atoms with Crippen LogP contribution in [0.3, 0.4) is 0 Å². The molecule has 170 valence electrons. The second-order valence-corrected chi connectivity index (χ2v) is 9.24. The minimum atomic E-state index is -0.429. The first-order valence-corrected chi connectivity index (χ1v) is 11.5. The first-order valence-electron chi connectivity index (χ1n) is 11.1. The van der Waals surface area contributed by atoms with Gasteiger partial charge in [-0.2, -0.15) is 5.10 Å². The molecule has 0 spiro atoms. The fraction of sp³-hybridized carbons (Fsp3) is 0.609. The van der Waals surface area contributed by atoms with Crippen LogP contribution in [0.1, 0.15) is 55.5 Å². The lowest BCUT2D eigenvalue weighted by Crippen LogP contribution is -2.42. The molecule has 1 aromatic carbocycles. The van der Waals surface area contributed by atoms with E-state index in [1.54, 1.807) is 13.0 Å². The second-order valence-electron chi connectivity index (χ2n) is 8.80. The van der Waals surface area contributed by atoms with Crippen LogP contribution in [-0.4, -0.2) is 61.7 Å². The molecular weight excluding hydrogens is 414 g/mol. The quantitative estimate of drug-likeness (QED) is 0.672. The van der Waals surface area contributed by atoms with Crippen molar-refractivity contribution in [2.45, 2.75) is 58.5 Å². The molecule has 3 rings (SSSR count). The van der Waals surface area contributed by atoms with E-state index in [1.807, 2.05) is 13.0 Å². The van der Waals surface area contributed by atoms with Gasteiger partial charge in [0.25, 0.3) is 11.8 Å². The highest BCUT2D eigenvalue weighted by Crippen LogP contribution is 2.34. The molecule has 1 unspecified atom stereocenters. The van der Waals surface area contributed by atoms with Crippen LogP contribution in [0.4, 0.5) is 5.69 Å². The van der Waals surface area contributed by atoms with Crippen LogP contribution >= 0.6 is 11.6 Å². The van der Waals surface area contributed by atoms with Gasteiger partial charge in [-0.3, -0.25) is 9.59 Å². The summed E-state index contributed by atoms with van der Waals surface area (Å²) >= 11 is 6.45. The molecule has 1 saturated carbocycles. The molecular formula is C23H34ClN5O2. The second kappa shape index (κ2) is 10.0. The average molecular weight is 448 g/mol. The van der Waals surface area contributed by atoms with Crippen molar-refractivity contribution >= 4 is 34.8 Å². The number of hydrazone groups is 1. The maximum Gasteiger partial charge on any atom is 0.251 e. The van der Waals surface area contributed by atoms with Crippen LogP contribution in [0.25, 0.3) is 0 Å². The molecule has 1 aliphatic heterocycles. The van der Waals surface area contributed by atoms with Crippen molar-refractivity contribution in [3.63, 3.8) is 0 Å². The summed E-state index contributed by atoms with van der Waals surface area (Å²) in [6, 6.07) is 4.75. The molecule has 2 N–H and O–H groups in total. The predicted molar refractivity (Wildman–Crippen MR) is 126 cm³/mol. The predicted octanol–water partition coefficient (Wildman–Crippen LogP) is 3.20. The number of nitrogens with zero attached hydrogens (tertiary/aromatic N) is 3. The molecule has 2 amide bonds. The number of anilines is 1. The van der Waals surface area contributed by atoms with E-state index in [1.165, 1.54) is 12.8 Å². The summed E-state index contributed by atoms with van der Waals surface area (Å²) in [4.78, 5) is 29.6. The summed E-state index contributed by atoms with van der Waals surface area (Å²) in [5, 5.41) is 7.36. The van der Waals surface area contributed by atoms with Gasteiger partial charge in [-0.05, 0) is 78.2 Å². The number of benzene rings is 1. The standard InChI is InChI=1S/C23H34ClN5O2/c1-6-29(18-9-7-17(8-10-18)28(4)5)21-12-16(24)11-19(14(21)2)22(30)25-13-20-15(3)26-27-23(20)31/h11-12,17-18,20H,6-10,13H2,1-5H3,(H,25,30)(H,27,31). The third kappa shape index (κ3) is 5.21. The van der Waals surface area contributed by atoms with E-state index in [2.05, 4.69) is 46.7 Å². The molecule has 7 nitrogen and oxygen atoms in total. The normalized spacial score (nSPS) is 23.5. The van der Waals surface area contributed by atoms with Gasteiger partial charge in [-0.1, -0.05) is 11.6 Å². The molecule has 1 aliphatic carbocycles. The molecule has 1 heterocycles. The van der Waals surface area contributed by atoms with E-state index in [0.717, 1.165) is 30.6 Å². The maximum atomic E-state index is 13.0. The van der Waals surface area contributed by atoms with Crippen LogP contribution in [-0.2, 0) is 4.79 Å². The van der Waals surface area contributed by atoms with E-state index in [-0.39, 0.29) is 18.4 Å². The molecule has 2 aliphatic rings. The number of rotatable bonds is 7. The Balaban J connectivity index is 1.77. The Kier molecular flexibility index (Phi) is 7.59. The average Bonchev–Trinajstić information content (AvgIpc) is 3.06. The molecule has 0 saturated heterocycles. The lowest BCUT2D eigenvalue weighted by Gasteiger charge is -2.40. The number of hydrogen-bond acceptors (Lipinski definition) is 5. The van der Waals surface area contributed by atoms with Crippen molar-refractivity contribution in [2.75, 3.05) is 32.1 Å². The van der Waals surface area contributed by atoms with Crippen LogP contribution in [0, 0.1) is 12.8 Å². The van der Waals surface area contributed by atoms with Gasteiger partial charge in [-0.25, -0.2) is 5.43 Å². The van der Waals surface area contributed by atoms with E-state index in [0.29, 0.717) is 28.4 Å². The van der Waals surface area contributed by atoms with Gasteiger partial charge >= 0.3 is 0 Å². The topological polar surface area (TPSA) is 77.0 Å². The monoisotopic (exact) mass is 447 g/mol. The number of carbonyl (C=O) groups is 2. The zero-order valence-electron chi connectivity index (χ0n) is 19.2. The minimum Gasteiger partial charge on any atom is -0.369 e. The Bertz CT molecular complexity index is 862. The molecule has 0 bridgehead atoms. The number of halogens is 1. The van der Waals surface area contributed by atoms with Gasteiger partial charge in [0.15, 0.2) is 0 Å². The number of amides is 2. The zero-order valence-corrected chi connectivity index (χ0v) is 19.9. The van der Waals surface area contributed by atoms with E-state index in [9.17, 15) is 9.59 Å². The summed E-state index contributed by atoms with van der Waals surface area (Å²) in [5.74, 6) is -0.838. The molecule has 31 heavy (non-hydrogen) atoms. The third-order valence-electron chi connectivity index (χ3n) is 6.71. The highest BCUT2D eigenvalue weighted by molar-refractivity contribution is 6.31. The molecule has 1 aromatic rings. The van der Waals surface area contributed by atoms with E-state index < -0.39 is 5.92 Å². The van der Waals surface area contributed by atoms with E-state index in [4.69, 9.17) is 11.6 Å². The largest absolute Gasteiger partial charge is 0.369 e. The molecule has 0 radical (unpaired) electrons. The maximum absolute atomic E-state index is 13.0. The van der Waals surface area contributed by atoms with Crippen LogP contribution < -0.4 is 15.6 Å². The summed E-state index contributed by atoms with van der Waals surface area (Å²) in [6.45, 7) is 6.98. The van der Waals surface area contributed by atoms with Crippen molar-refractivity contribution in [3.8, 4) is 0 Å². The smallest absolute Gasteiger partial charge is 0.251 e. The van der Waals surface area contributed by atoms with Gasteiger partial charge < -0.3 is 15.1 Å². The minimum absolute atomic E-state index is 0.188. The Morgan fingerprint density at radius 2 is 1.84 bits per heavy atom. The molecule has 1 atom stereocenters. The first-order chi connectivity index (χ1) is 14.7. The summed E-state index contributed by atoms with van der Waals surface area (Å²) in [5.41, 5.74) is 5.61.